The Morgan fingerprint density at radius 3 is 2.20 bits per heavy atom. The molecule has 6 nitrogen and oxygen atoms in total. The third-order valence-corrected chi connectivity index (χ3v) is 4.38. The first kappa shape index (κ1) is 18.8. The zero-order valence-electron chi connectivity index (χ0n) is 14.2. The first-order valence-electron chi connectivity index (χ1n) is 7.84. The zero-order valence-corrected chi connectivity index (χ0v) is 15.0. The Morgan fingerprint density at radius 1 is 1.00 bits per heavy atom. The molecule has 0 atom stereocenters. The molecule has 134 valence electrons. The van der Waals surface area contributed by atoms with Crippen LogP contribution in [0.1, 0.15) is 13.3 Å². The molecule has 0 spiro atoms. The van der Waals surface area contributed by atoms with Crippen molar-refractivity contribution in [3.8, 4) is 11.5 Å². The van der Waals surface area contributed by atoms with Gasteiger partial charge < -0.3 is 14.8 Å². The van der Waals surface area contributed by atoms with Crippen molar-refractivity contribution < 1.29 is 22.7 Å². The van der Waals surface area contributed by atoms with E-state index in [-0.39, 0.29) is 17.2 Å². The Balaban J connectivity index is 1.93. The molecule has 1 N–H and O–H groups in total. The first-order chi connectivity index (χ1) is 11.9. The summed E-state index contributed by atoms with van der Waals surface area (Å²) in [5.41, 5.74) is 0.238. The molecule has 0 saturated carbocycles. The second-order valence-corrected chi connectivity index (χ2v) is 7.41. The number of hydrogen-bond acceptors (Lipinski definition) is 5. The lowest BCUT2D eigenvalue weighted by atomic mass is 10.3. The van der Waals surface area contributed by atoms with E-state index in [2.05, 4.69) is 5.32 Å². The maximum absolute atomic E-state index is 12.0. The van der Waals surface area contributed by atoms with Gasteiger partial charge in [-0.2, -0.15) is 0 Å². The van der Waals surface area contributed by atoms with Crippen LogP contribution in [-0.2, 0) is 14.6 Å². The van der Waals surface area contributed by atoms with Gasteiger partial charge in [0.1, 0.15) is 11.5 Å². The third kappa shape index (κ3) is 5.79. The van der Waals surface area contributed by atoms with Crippen molar-refractivity contribution in [2.24, 2.45) is 0 Å². The van der Waals surface area contributed by atoms with Crippen molar-refractivity contribution in [3.63, 3.8) is 0 Å². The maximum atomic E-state index is 12.0. The van der Waals surface area contributed by atoms with Gasteiger partial charge in [0.05, 0.1) is 17.2 Å². The summed E-state index contributed by atoms with van der Waals surface area (Å²) in [6.07, 6.45) is 2.02. The molecule has 25 heavy (non-hydrogen) atoms. The smallest absolute Gasteiger partial charge is 0.262 e. The molecule has 7 heteroatoms. The van der Waals surface area contributed by atoms with Crippen LogP contribution in [0.15, 0.2) is 53.4 Å². The zero-order chi connectivity index (χ0) is 18.3. The Morgan fingerprint density at radius 2 is 1.60 bits per heavy atom. The summed E-state index contributed by atoms with van der Waals surface area (Å²) in [6, 6.07) is 13.2. The minimum atomic E-state index is -3.43. The SMILES string of the molecule is CCCOc1ccc(OCC(=O)Nc2ccccc2S(C)(=O)=O)cc1. The Kier molecular flexibility index (Phi) is 6.41. The summed E-state index contributed by atoms with van der Waals surface area (Å²) in [6.45, 7) is 2.44. The van der Waals surface area contributed by atoms with Crippen molar-refractivity contribution >= 4 is 21.4 Å². The van der Waals surface area contributed by atoms with Gasteiger partial charge in [-0.1, -0.05) is 19.1 Å². The number of carbonyl (C=O) groups excluding carboxylic acids is 1. The molecule has 0 saturated heterocycles. The lowest BCUT2D eigenvalue weighted by molar-refractivity contribution is -0.118. The Labute approximate surface area is 147 Å². The molecule has 0 unspecified atom stereocenters. The van der Waals surface area contributed by atoms with Gasteiger partial charge >= 0.3 is 0 Å². The Bertz CT molecular complexity index is 816. The number of para-hydroxylation sites is 1. The van der Waals surface area contributed by atoms with Crippen LogP contribution in [0.25, 0.3) is 0 Å². The number of ether oxygens (including phenoxy) is 2. The molecule has 0 aliphatic carbocycles. The average Bonchev–Trinajstić information content (AvgIpc) is 2.58. The summed E-state index contributed by atoms with van der Waals surface area (Å²) in [4.78, 5) is 12.1. The molecule has 0 radical (unpaired) electrons. The number of benzene rings is 2. The van der Waals surface area contributed by atoms with Gasteiger partial charge in [-0.05, 0) is 42.8 Å². The van der Waals surface area contributed by atoms with Crippen molar-refractivity contribution in [2.75, 3.05) is 24.8 Å². The van der Waals surface area contributed by atoms with Crippen molar-refractivity contribution in [3.05, 3.63) is 48.5 Å². The fraction of sp³-hybridized carbons (Fsp3) is 0.278. The maximum Gasteiger partial charge on any atom is 0.262 e. The van der Waals surface area contributed by atoms with E-state index in [1.807, 2.05) is 6.92 Å². The lowest BCUT2D eigenvalue weighted by Gasteiger charge is -2.11. The molecule has 0 fully saturated rings. The minimum absolute atomic E-state index is 0.0702. The number of sulfone groups is 1. The molecule has 0 aromatic heterocycles. The highest BCUT2D eigenvalue weighted by atomic mass is 32.2. The third-order valence-electron chi connectivity index (χ3n) is 3.23. The van der Waals surface area contributed by atoms with E-state index in [4.69, 9.17) is 9.47 Å². The summed E-state index contributed by atoms with van der Waals surface area (Å²) in [7, 11) is -3.43. The second-order valence-electron chi connectivity index (χ2n) is 5.43. The van der Waals surface area contributed by atoms with Crippen molar-refractivity contribution in [1.82, 2.24) is 0 Å². The highest BCUT2D eigenvalue weighted by Crippen LogP contribution is 2.21. The summed E-state index contributed by atoms with van der Waals surface area (Å²) < 4.78 is 34.3. The van der Waals surface area contributed by atoms with Crippen LogP contribution >= 0.6 is 0 Å². The van der Waals surface area contributed by atoms with E-state index in [1.165, 1.54) is 12.1 Å². The fourth-order valence-electron chi connectivity index (χ4n) is 2.08. The highest BCUT2D eigenvalue weighted by molar-refractivity contribution is 7.90. The number of carbonyl (C=O) groups is 1. The van der Waals surface area contributed by atoms with E-state index in [1.54, 1.807) is 36.4 Å². The topological polar surface area (TPSA) is 81.7 Å². The molecule has 2 rings (SSSR count). The van der Waals surface area contributed by atoms with Gasteiger partial charge in [0, 0.05) is 6.26 Å². The predicted molar refractivity (Wildman–Crippen MR) is 95.9 cm³/mol. The highest BCUT2D eigenvalue weighted by Gasteiger charge is 2.14. The predicted octanol–water partition coefficient (Wildman–Crippen LogP) is 2.90. The lowest BCUT2D eigenvalue weighted by Crippen LogP contribution is -2.21. The normalized spacial score (nSPS) is 11.0. The summed E-state index contributed by atoms with van der Waals surface area (Å²) >= 11 is 0. The van der Waals surface area contributed by atoms with E-state index >= 15 is 0 Å². The van der Waals surface area contributed by atoms with Crippen molar-refractivity contribution in [1.29, 1.82) is 0 Å². The number of rotatable bonds is 8. The van der Waals surface area contributed by atoms with Gasteiger partial charge in [-0.3, -0.25) is 4.79 Å². The van der Waals surface area contributed by atoms with Crippen LogP contribution < -0.4 is 14.8 Å². The number of amides is 1. The largest absolute Gasteiger partial charge is 0.494 e. The van der Waals surface area contributed by atoms with E-state index < -0.39 is 15.7 Å². The standard InChI is InChI=1S/C18H21NO5S/c1-3-12-23-14-8-10-15(11-9-14)24-13-18(20)19-16-6-4-5-7-17(16)25(2,21)22/h4-11H,3,12-13H2,1-2H3,(H,19,20). The van der Waals surface area contributed by atoms with Crippen LogP contribution in [0.3, 0.4) is 0 Å². The minimum Gasteiger partial charge on any atom is -0.494 e. The fourth-order valence-corrected chi connectivity index (χ4v) is 2.92. The van der Waals surface area contributed by atoms with Gasteiger partial charge in [0.15, 0.2) is 16.4 Å². The van der Waals surface area contributed by atoms with Crippen LogP contribution in [0.2, 0.25) is 0 Å². The van der Waals surface area contributed by atoms with E-state index in [0.29, 0.717) is 12.4 Å². The molecule has 2 aromatic carbocycles. The van der Waals surface area contributed by atoms with E-state index in [0.717, 1.165) is 18.4 Å². The van der Waals surface area contributed by atoms with Crippen LogP contribution in [0, 0.1) is 0 Å². The summed E-state index contributed by atoms with van der Waals surface area (Å²) in [5.74, 6) is 0.818. The number of nitrogens with one attached hydrogen (secondary N) is 1. The molecular formula is C18H21NO5S. The summed E-state index contributed by atoms with van der Waals surface area (Å²) in [5, 5.41) is 2.56. The first-order valence-corrected chi connectivity index (χ1v) is 9.74. The van der Waals surface area contributed by atoms with Crippen molar-refractivity contribution in [2.45, 2.75) is 18.2 Å². The number of hydrogen-bond donors (Lipinski definition) is 1. The molecule has 0 heterocycles. The van der Waals surface area contributed by atoms with Gasteiger partial charge in [-0.25, -0.2) is 8.42 Å². The van der Waals surface area contributed by atoms with Gasteiger partial charge in [-0.15, -0.1) is 0 Å². The molecule has 0 aliphatic rings. The second kappa shape index (κ2) is 8.53. The molecule has 0 aliphatic heterocycles. The van der Waals surface area contributed by atoms with E-state index in [9.17, 15) is 13.2 Å². The average molecular weight is 363 g/mol. The monoisotopic (exact) mass is 363 g/mol. The van der Waals surface area contributed by atoms with Gasteiger partial charge in [0.25, 0.3) is 5.91 Å². The molecule has 1 amide bonds. The molecule has 0 bridgehead atoms. The van der Waals surface area contributed by atoms with Gasteiger partial charge in [0.2, 0.25) is 0 Å². The van der Waals surface area contributed by atoms with Crippen LogP contribution in [-0.4, -0.2) is 33.8 Å². The molecule has 2 aromatic rings. The quantitative estimate of drug-likeness (QED) is 0.780. The van der Waals surface area contributed by atoms with Crippen LogP contribution in [0.5, 0.6) is 11.5 Å². The number of anilines is 1. The van der Waals surface area contributed by atoms with Crippen LogP contribution in [0.4, 0.5) is 5.69 Å². The molecular weight excluding hydrogens is 342 g/mol. The Hall–Kier alpha value is -2.54.